The van der Waals surface area contributed by atoms with Crippen LogP contribution in [-0.4, -0.2) is 37.7 Å². The smallest absolute Gasteiger partial charge is 0.118 e. The Balaban J connectivity index is 2.41. The molecule has 0 saturated heterocycles. The highest BCUT2D eigenvalue weighted by atomic mass is 16.5. The van der Waals surface area contributed by atoms with Gasteiger partial charge in [0.2, 0.25) is 0 Å². The first kappa shape index (κ1) is 16.0. The summed E-state index contributed by atoms with van der Waals surface area (Å²) in [6.45, 7) is 8.70. The minimum absolute atomic E-state index is 0.524. The van der Waals surface area contributed by atoms with Crippen LogP contribution in [0.1, 0.15) is 32.8 Å². The quantitative estimate of drug-likeness (QED) is 0.781. The highest BCUT2D eigenvalue weighted by Gasteiger charge is 2.10. The van der Waals surface area contributed by atoms with Crippen molar-refractivity contribution in [3.63, 3.8) is 0 Å². The summed E-state index contributed by atoms with van der Waals surface area (Å²) in [4.78, 5) is 2.37. The fourth-order valence-corrected chi connectivity index (χ4v) is 1.85. The molecule has 0 radical (unpaired) electrons. The first-order chi connectivity index (χ1) is 9.06. The Morgan fingerprint density at radius 3 is 2.37 bits per heavy atom. The van der Waals surface area contributed by atoms with Crippen molar-refractivity contribution >= 4 is 0 Å². The van der Waals surface area contributed by atoms with Gasteiger partial charge < -0.3 is 10.1 Å². The summed E-state index contributed by atoms with van der Waals surface area (Å²) >= 11 is 0. The SMILES string of the molecule is CCC(C)NCC(C)N(C)Cc1ccc(OC)cc1. The van der Waals surface area contributed by atoms with Crippen LogP contribution in [0.25, 0.3) is 0 Å². The van der Waals surface area contributed by atoms with Gasteiger partial charge in [-0.1, -0.05) is 19.1 Å². The molecule has 0 aliphatic carbocycles. The van der Waals surface area contributed by atoms with Gasteiger partial charge in [-0.3, -0.25) is 4.90 Å². The Morgan fingerprint density at radius 1 is 1.21 bits per heavy atom. The molecular formula is C16H28N2O. The van der Waals surface area contributed by atoms with Crippen molar-refractivity contribution in [2.24, 2.45) is 0 Å². The first-order valence-corrected chi connectivity index (χ1v) is 7.13. The molecular weight excluding hydrogens is 236 g/mol. The molecule has 0 fully saturated rings. The second-order valence-corrected chi connectivity index (χ2v) is 5.33. The molecule has 0 bridgehead atoms. The molecule has 1 rings (SSSR count). The van der Waals surface area contributed by atoms with Gasteiger partial charge in [-0.2, -0.15) is 0 Å². The lowest BCUT2D eigenvalue weighted by molar-refractivity contribution is 0.237. The van der Waals surface area contributed by atoms with Crippen LogP contribution in [-0.2, 0) is 6.54 Å². The van der Waals surface area contributed by atoms with Crippen molar-refractivity contribution in [1.82, 2.24) is 10.2 Å². The van der Waals surface area contributed by atoms with Gasteiger partial charge in [-0.25, -0.2) is 0 Å². The molecule has 3 heteroatoms. The molecule has 3 nitrogen and oxygen atoms in total. The molecule has 0 aliphatic heterocycles. The Labute approximate surface area is 118 Å². The van der Waals surface area contributed by atoms with Crippen molar-refractivity contribution < 1.29 is 4.74 Å². The molecule has 108 valence electrons. The van der Waals surface area contributed by atoms with E-state index in [0.29, 0.717) is 12.1 Å². The zero-order valence-corrected chi connectivity index (χ0v) is 12.9. The minimum Gasteiger partial charge on any atom is -0.497 e. The summed E-state index contributed by atoms with van der Waals surface area (Å²) in [5, 5.41) is 3.56. The van der Waals surface area contributed by atoms with E-state index in [-0.39, 0.29) is 0 Å². The normalized spacial score (nSPS) is 14.4. The lowest BCUT2D eigenvalue weighted by Gasteiger charge is -2.26. The number of likely N-dealkylation sites (N-methyl/N-ethyl adjacent to an activating group) is 1. The average Bonchev–Trinajstić information content (AvgIpc) is 2.44. The third-order valence-corrected chi connectivity index (χ3v) is 3.72. The molecule has 0 aliphatic rings. The number of benzene rings is 1. The van der Waals surface area contributed by atoms with Crippen LogP contribution in [0.2, 0.25) is 0 Å². The Bertz CT molecular complexity index is 350. The number of hydrogen-bond acceptors (Lipinski definition) is 3. The van der Waals surface area contributed by atoms with Crippen molar-refractivity contribution in [2.45, 2.75) is 45.8 Å². The van der Waals surface area contributed by atoms with E-state index < -0.39 is 0 Å². The van der Waals surface area contributed by atoms with E-state index >= 15 is 0 Å². The van der Waals surface area contributed by atoms with Crippen LogP contribution in [0, 0.1) is 0 Å². The van der Waals surface area contributed by atoms with E-state index in [2.05, 4.69) is 50.2 Å². The molecule has 0 aromatic heterocycles. The zero-order chi connectivity index (χ0) is 14.3. The molecule has 19 heavy (non-hydrogen) atoms. The second-order valence-electron chi connectivity index (χ2n) is 5.33. The maximum atomic E-state index is 5.18. The van der Waals surface area contributed by atoms with Crippen LogP contribution >= 0.6 is 0 Å². The number of methoxy groups -OCH3 is 1. The number of rotatable bonds is 8. The van der Waals surface area contributed by atoms with Crippen molar-refractivity contribution in [1.29, 1.82) is 0 Å². The highest BCUT2D eigenvalue weighted by Crippen LogP contribution is 2.13. The second kappa shape index (κ2) is 8.18. The van der Waals surface area contributed by atoms with Crippen LogP contribution in [0.4, 0.5) is 0 Å². The number of ether oxygens (including phenoxy) is 1. The Hall–Kier alpha value is -1.06. The minimum atomic E-state index is 0.524. The van der Waals surface area contributed by atoms with Gasteiger partial charge in [0.15, 0.2) is 0 Å². The van der Waals surface area contributed by atoms with Gasteiger partial charge in [-0.15, -0.1) is 0 Å². The Morgan fingerprint density at radius 2 is 1.84 bits per heavy atom. The fourth-order valence-electron chi connectivity index (χ4n) is 1.85. The van der Waals surface area contributed by atoms with Crippen LogP contribution in [0.3, 0.4) is 0 Å². The van der Waals surface area contributed by atoms with Gasteiger partial charge >= 0.3 is 0 Å². The molecule has 0 heterocycles. The summed E-state index contributed by atoms with van der Waals surface area (Å²) in [6.07, 6.45) is 1.18. The van der Waals surface area contributed by atoms with Gasteiger partial charge in [0.1, 0.15) is 5.75 Å². The van der Waals surface area contributed by atoms with Crippen molar-refractivity contribution in [2.75, 3.05) is 20.7 Å². The predicted molar refractivity (Wildman–Crippen MR) is 81.7 cm³/mol. The lowest BCUT2D eigenvalue weighted by atomic mass is 10.1. The van der Waals surface area contributed by atoms with Gasteiger partial charge in [0.05, 0.1) is 7.11 Å². The topological polar surface area (TPSA) is 24.5 Å². The molecule has 0 spiro atoms. The standard InChI is InChI=1S/C16H28N2O/c1-6-13(2)17-11-14(3)18(4)12-15-7-9-16(19-5)10-8-15/h7-10,13-14,17H,6,11-12H2,1-5H3. The average molecular weight is 264 g/mol. The molecule has 1 aromatic carbocycles. The molecule has 2 unspecified atom stereocenters. The van der Waals surface area contributed by atoms with E-state index in [9.17, 15) is 0 Å². The first-order valence-electron chi connectivity index (χ1n) is 7.13. The number of nitrogens with one attached hydrogen (secondary N) is 1. The summed E-state index contributed by atoms with van der Waals surface area (Å²) in [5.41, 5.74) is 1.32. The van der Waals surface area contributed by atoms with E-state index in [0.717, 1.165) is 18.8 Å². The largest absolute Gasteiger partial charge is 0.497 e. The van der Waals surface area contributed by atoms with Crippen molar-refractivity contribution in [3.8, 4) is 5.75 Å². The molecule has 1 N–H and O–H groups in total. The Kier molecular flexibility index (Phi) is 6.89. The van der Waals surface area contributed by atoms with Gasteiger partial charge in [0.25, 0.3) is 0 Å². The van der Waals surface area contributed by atoms with Crippen LogP contribution < -0.4 is 10.1 Å². The van der Waals surface area contributed by atoms with Crippen molar-refractivity contribution in [3.05, 3.63) is 29.8 Å². The lowest BCUT2D eigenvalue weighted by Crippen LogP contribution is -2.40. The third kappa shape index (κ3) is 5.62. The zero-order valence-electron chi connectivity index (χ0n) is 12.9. The fraction of sp³-hybridized carbons (Fsp3) is 0.625. The number of nitrogens with zero attached hydrogens (tertiary/aromatic N) is 1. The van der Waals surface area contributed by atoms with E-state index in [1.165, 1.54) is 12.0 Å². The maximum absolute atomic E-state index is 5.18. The third-order valence-electron chi connectivity index (χ3n) is 3.72. The maximum Gasteiger partial charge on any atom is 0.118 e. The summed E-state index contributed by atoms with van der Waals surface area (Å²) in [6, 6.07) is 9.41. The van der Waals surface area contributed by atoms with Gasteiger partial charge in [0, 0.05) is 25.2 Å². The molecule has 1 aromatic rings. The van der Waals surface area contributed by atoms with Crippen LogP contribution in [0.15, 0.2) is 24.3 Å². The van der Waals surface area contributed by atoms with E-state index in [4.69, 9.17) is 4.74 Å². The molecule has 2 atom stereocenters. The summed E-state index contributed by atoms with van der Waals surface area (Å²) in [7, 11) is 3.87. The highest BCUT2D eigenvalue weighted by molar-refractivity contribution is 5.27. The van der Waals surface area contributed by atoms with Crippen LogP contribution in [0.5, 0.6) is 5.75 Å². The number of hydrogen-bond donors (Lipinski definition) is 1. The predicted octanol–water partition coefficient (Wildman–Crippen LogP) is 2.90. The molecule has 0 saturated carbocycles. The summed E-state index contributed by atoms with van der Waals surface area (Å²) < 4.78 is 5.18. The summed E-state index contributed by atoms with van der Waals surface area (Å²) in [5.74, 6) is 0.915. The molecule has 0 amide bonds. The van der Waals surface area contributed by atoms with Gasteiger partial charge in [-0.05, 0) is 45.0 Å². The van der Waals surface area contributed by atoms with E-state index in [1.54, 1.807) is 7.11 Å². The van der Waals surface area contributed by atoms with E-state index in [1.807, 2.05) is 12.1 Å². The monoisotopic (exact) mass is 264 g/mol.